The van der Waals surface area contributed by atoms with E-state index in [4.69, 9.17) is 23.2 Å². The molecule has 18 heavy (non-hydrogen) atoms. The lowest BCUT2D eigenvalue weighted by molar-refractivity contribution is 0.601. The first-order chi connectivity index (χ1) is 8.47. The topological polar surface area (TPSA) is 72.0 Å². The molecule has 8 heteroatoms. The second-order valence-corrected chi connectivity index (χ2v) is 5.79. The van der Waals surface area contributed by atoms with Crippen LogP contribution >= 0.6 is 23.2 Å². The van der Waals surface area contributed by atoms with Crippen LogP contribution in [-0.2, 0) is 10.0 Å². The minimum absolute atomic E-state index is 0.0461. The highest BCUT2D eigenvalue weighted by atomic mass is 35.5. The number of nitrogens with zero attached hydrogens (tertiary/aromatic N) is 2. The molecule has 0 radical (unpaired) electrons. The van der Waals surface area contributed by atoms with Crippen molar-refractivity contribution in [1.29, 1.82) is 0 Å². The van der Waals surface area contributed by atoms with Crippen LogP contribution in [0.25, 0.3) is 0 Å². The molecule has 0 fully saturated rings. The van der Waals surface area contributed by atoms with Gasteiger partial charge in [0.05, 0.1) is 4.90 Å². The molecule has 0 atom stereocenters. The number of aromatic nitrogens is 2. The summed E-state index contributed by atoms with van der Waals surface area (Å²) in [6.07, 6.45) is 1.16. The van der Waals surface area contributed by atoms with Crippen LogP contribution in [0.4, 0.5) is 5.82 Å². The number of hydrogen-bond acceptors (Lipinski definition) is 4. The number of hydrogen-bond donors (Lipinski definition) is 1. The van der Waals surface area contributed by atoms with Gasteiger partial charge in [0.15, 0.2) is 0 Å². The van der Waals surface area contributed by atoms with Crippen molar-refractivity contribution < 1.29 is 8.42 Å². The first-order valence-corrected chi connectivity index (χ1v) is 6.97. The Morgan fingerprint density at radius 3 is 2.56 bits per heavy atom. The van der Waals surface area contributed by atoms with Gasteiger partial charge in [0.25, 0.3) is 10.0 Å². The van der Waals surface area contributed by atoms with E-state index in [1.165, 1.54) is 18.2 Å². The predicted molar refractivity (Wildman–Crippen MR) is 69.3 cm³/mol. The van der Waals surface area contributed by atoms with Crippen LogP contribution in [0.3, 0.4) is 0 Å². The van der Waals surface area contributed by atoms with E-state index in [9.17, 15) is 8.42 Å². The zero-order chi connectivity index (χ0) is 13.2. The van der Waals surface area contributed by atoms with E-state index in [-0.39, 0.29) is 15.9 Å². The van der Waals surface area contributed by atoms with Crippen molar-refractivity contribution in [2.75, 3.05) is 4.72 Å². The fraction of sp³-hybridized carbons (Fsp3) is 0. The normalized spacial score (nSPS) is 11.2. The lowest BCUT2D eigenvalue weighted by atomic mass is 10.4. The van der Waals surface area contributed by atoms with Crippen molar-refractivity contribution in [2.24, 2.45) is 0 Å². The highest BCUT2D eigenvalue weighted by Crippen LogP contribution is 2.18. The van der Waals surface area contributed by atoms with Crippen molar-refractivity contribution in [1.82, 2.24) is 9.97 Å². The molecule has 94 valence electrons. The Kier molecular flexibility index (Phi) is 3.70. The molecular weight excluding hydrogens is 297 g/mol. The van der Waals surface area contributed by atoms with Gasteiger partial charge in [0.2, 0.25) is 0 Å². The highest BCUT2D eigenvalue weighted by molar-refractivity contribution is 7.92. The molecule has 1 heterocycles. The largest absolute Gasteiger partial charge is 0.263 e. The van der Waals surface area contributed by atoms with E-state index in [0.717, 1.165) is 6.33 Å². The van der Waals surface area contributed by atoms with Crippen LogP contribution in [0.5, 0.6) is 0 Å². The van der Waals surface area contributed by atoms with Gasteiger partial charge in [0, 0.05) is 11.1 Å². The van der Waals surface area contributed by atoms with Gasteiger partial charge in [0.1, 0.15) is 17.3 Å². The van der Waals surface area contributed by atoms with Crippen molar-refractivity contribution in [3.63, 3.8) is 0 Å². The maximum absolute atomic E-state index is 12.0. The summed E-state index contributed by atoms with van der Waals surface area (Å²) in [7, 11) is -3.74. The van der Waals surface area contributed by atoms with Gasteiger partial charge in [-0.2, -0.15) is 0 Å². The van der Waals surface area contributed by atoms with Gasteiger partial charge >= 0.3 is 0 Å². The van der Waals surface area contributed by atoms with E-state index < -0.39 is 10.0 Å². The second-order valence-electron chi connectivity index (χ2n) is 3.29. The Balaban J connectivity index is 2.33. The van der Waals surface area contributed by atoms with Crippen LogP contribution in [-0.4, -0.2) is 18.4 Å². The summed E-state index contributed by atoms with van der Waals surface area (Å²) in [5.41, 5.74) is 0. The van der Waals surface area contributed by atoms with Crippen molar-refractivity contribution in [3.05, 3.63) is 46.8 Å². The molecule has 0 amide bonds. The zero-order valence-corrected chi connectivity index (χ0v) is 11.2. The molecule has 1 N–H and O–H groups in total. The Hall–Kier alpha value is -1.37. The Labute approximate surface area is 114 Å². The first-order valence-electron chi connectivity index (χ1n) is 4.73. The third kappa shape index (κ3) is 3.10. The smallest absolute Gasteiger partial charge is 0.263 e. The highest BCUT2D eigenvalue weighted by Gasteiger charge is 2.15. The molecule has 2 aromatic rings. The number of halogens is 2. The number of anilines is 1. The molecule has 0 aliphatic rings. The van der Waals surface area contributed by atoms with Crippen LogP contribution in [0, 0.1) is 0 Å². The quantitative estimate of drug-likeness (QED) is 0.885. The molecule has 0 saturated heterocycles. The van der Waals surface area contributed by atoms with Gasteiger partial charge in [-0.3, -0.25) is 4.72 Å². The molecule has 0 unspecified atom stereocenters. The molecule has 0 spiro atoms. The fourth-order valence-electron chi connectivity index (χ4n) is 1.22. The molecule has 5 nitrogen and oxygen atoms in total. The Morgan fingerprint density at radius 2 is 1.89 bits per heavy atom. The molecule has 1 aromatic carbocycles. The monoisotopic (exact) mass is 303 g/mol. The SMILES string of the molecule is O=S(=O)(Nc1cc(Cl)ncn1)c1cccc(Cl)c1. The first kappa shape index (κ1) is 13.1. The van der Waals surface area contributed by atoms with Gasteiger partial charge in [-0.15, -0.1) is 0 Å². The summed E-state index contributed by atoms with van der Waals surface area (Å²) in [6, 6.07) is 7.21. The number of benzene rings is 1. The number of rotatable bonds is 3. The standard InChI is InChI=1S/C10H7Cl2N3O2S/c11-7-2-1-3-8(4-7)18(16,17)15-10-5-9(12)13-6-14-10/h1-6H,(H,13,14,15). The van der Waals surface area contributed by atoms with E-state index in [0.29, 0.717) is 5.02 Å². The van der Waals surface area contributed by atoms with E-state index in [1.807, 2.05) is 0 Å². The molecule has 0 saturated carbocycles. The molecular formula is C10H7Cl2N3O2S. The maximum atomic E-state index is 12.0. The minimum atomic E-state index is -3.74. The summed E-state index contributed by atoms with van der Waals surface area (Å²) in [5.74, 6) is 0.0926. The summed E-state index contributed by atoms with van der Waals surface area (Å²) in [6.45, 7) is 0. The average molecular weight is 304 g/mol. The summed E-state index contributed by atoms with van der Waals surface area (Å²) in [5, 5.41) is 0.479. The molecule has 0 aliphatic carbocycles. The number of nitrogens with one attached hydrogen (secondary N) is 1. The van der Waals surface area contributed by atoms with E-state index in [1.54, 1.807) is 12.1 Å². The van der Waals surface area contributed by atoms with Crippen molar-refractivity contribution in [2.45, 2.75) is 4.90 Å². The molecule has 1 aromatic heterocycles. The van der Waals surface area contributed by atoms with Gasteiger partial charge in [-0.25, -0.2) is 18.4 Å². The van der Waals surface area contributed by atoms with Gasteiger partial charge in [-0.05, 0) is 18.2 Å². The van der Waals surface area contributed by atoms with E-state index in [2.05, 4.69) is 14.7 Å². The third-order valence-electron chi connectivity index (χ3n) is 1.98. The maximum Gasteiger partial charge on any atom is 0.263 e. The average Bonchev–Trinajstić information content (AvgIpc) is 2.28. The van der Waals surface area contributed by atoms with Gasteiger partial charge in [-0.1, -0.05) is 29.3 Å². The number of sulfonamides is 1. The zero-order valence-electron chi connectivity index (χ0n) is 8.84. The predicted octanol–water partition coefficient (Wildman–Crippen LogP) is 2.58. The molecule has 0 aliphatic heterocycles. The minimum Gasteiger partial charge on any atom is -0.263 e. The van der Waals surface area contributed by atoms with Crippen LogP contribution in [0.1, 0.15) is 0 Å². The summed E-state index contributed by atoms with van der Waals surface area (Å²) >= 11 is 11.4. The van der Waals surface area contributed by atoms with Crippen molar-refractivity contribution in [3.8, 4) is 0 Å². The third-order valence-corrected chi connectivity index (χ3v) is 3.77. The lowest BCUT2D eigenvalue weighted by Crippen LogP contribution is -2.13. The molecule has 0 bridgehead atoms. The summed E-state index contributed by atoms with van der Waals surface area (Å²) < 4.78 is 26.3. The van der Waals surface area contributed by atoms with E-state index >= 15 is 0 Å². The molecule has 2 rings (SSSR count). The Bertz CT molecular complexity index is 676. The van der Waals surface area contributed by atoms with Gasteiger partial charge < -0.3 is 0 Å². The Morgan fingerprint density at radius 1 is 1.11 bits per heavy atom. The summed E-state index contributed by atoms with van der Waals surface area (Å²) in [4.78, 5) is 7.46. The second kappa shape index (κ2) is 5.09. The van der Waals surface area contributed by atoms with Crippen LogP contribution in [0.2, 0.25) is 10.2 Å². The lowest BCUT2D eigenvalue weighted by Gasteiger charge is -2.07. The fourth-order valence-corrected chi connectivity index (χ4v) is 2.67. The van der Waals surface area contributed by atoms with Crippen LogP contribution < -0.4 is 4.72 Å². The van der Waals surface area contributed by atoms with Crippen molar-refractivity contribution >= 4 is 39.0 Å². The van der Waals surface area contributed by atoms with Crippen LogP contribution in [0.15, 0.2) is 41.6 Å².